The van der Waals surface area contributed by atoms with Crippen LogP contribution in [0.4, 0.5) is 17.1 Å². The van der Waals surface area contributed by atoms with E-state index in [1.807, 2.05) is 0 Å². The van der Waals surface area contributed by atoms with Gasteiger partial charge in [0, 0.05) is 12.3 Å². The summed E-state index contributed by atoms with van der Waals surface area (Å²) in [5, 5.41) is 19.4. The van der Waals surface area contributed by atoms with Gasteiger partial charge in [-0.3, -0.25) is 4.79 Å². The van der Waals surface area contributed by atoms with Crippen LogP contribution in [0.1, 0.15) is 13.8 Å². The van der Waals surface area contributed by atoms with Crippen molar-refractivity contribution in [2.75, 3.05) is 11.9 Å². The molecule has 0 saturated heterocycles. The van der Waals surface area contributed by atoms with Crippen molar-refractivity contribution in [3.63, 3.8) is 0 Å². The van der Waals surface area contributed by atoms with E-state index in [2.05, 4.69) is 15.5 Å². The minimum absolute atomic E-state index is 0. The van der Waals surface area contributed by atoms with Gasteiger partial charge in [0.1, 0.15) is 41.8 Å². The van der Waals surface area contributed by atoms with Crippen molar-refractivity contribution >= 4 is 64.1 Å². The van der Waals surface area contributed by atoms with Gasteiger partial charge >= 0.3 is 88.7 Å². The third-order valence-electron chi connectivity index (χ3n) is 4.75. The van der Waals surface area contributed by atoms with Crippen LogP contribution >= 0.6 is 0 Å². The zero-order valence-electron chi connectivity index (χ0n) is 22.2. The minimum Gasteiger partial charge on any atom is -0.744 e. The monoisotopic (exact) mass is 655 g/mol. The van der Waals surface area contributed by atoms with Crippen LogP contribution in [0.25, 0.3) is 10.8 Å². The zero-order valence-corrected chi connectivity index (χ0v) is 30.7. The number of ether oxygens (including phenoxy) is 1. The molecule has 2 N–H and O–H groups in total. The Morgan fingerprint density at radius 3 is 1.95 bits per heavy atom. The van der Waals surface area contributed by atoms with Gasteiger partial charge in [-0.25, -0.2) is 25.3 Å². The van der Waals surface area contributed by atoms with Crippen LogP contribution in [0.3, 0.4) is 0 Å². The molecule has 1 amide bonds. The summed E-state index contributed by atoms with van der Waals surface area (Å²) in [4.78, 5) is 8.74. The van der Waals surface area contributed by atoms with Crippen molar-refractivity contribution in [2.45, 2.75) is 28.5 Å². The van der Waals surface area contributed by atoms with Crippen molar-refractivity contribution in [3.05, 3.63) is 36.4 Å². The van der Waals surface area contributed by atoms with E-state index in [1.165, 1.54) is 6.92 Å². The predicted molar refractivity (Wildman–Crippen MR) is 126 cm³/mol. The first-order chi connectivity index (χ1) is 17.4. The average molecular weight is 656 g/mol. The Morgan fingerprint density at radius 2 is 1.46 bits per heavy atom. The molecule has 0 radical (unpaired) electrons. The molecule has 3 aromatic carbocycles. The quantitative estimate of drug-likeness (QED) is 0.130. The Labute approximate surface area is 301 Å². The number of carbonyl (C=O) groups is 1. The van der Waals surface area contributed by atoms with Crippen molar-refractivity contribution in [2.24, 2.45) is 10.2 Å². The van der Waals surface area contributed by atoms with Gasteiger partial charge in [0.15, 0.2) is 5.75 Å². The van der Waals surface area contributed by atoms with E-state index in [4.69, 9.17) is 4.74 Å². The molecule has 0 spiro atoms. The number of nitrogens with zero attached hydrogens (tertiary/aromatic N) is 2. The third-order valence-corrected chi connectivity index (χ3v) is 7.27. The molecule has 3 aromatic rings. The average Bonchev–Trinajstić information content (AvgIpc) is 2.76. The molecule has 0 aliphatic rings. The van der Waals surface area contributed by atoms with E-state index < -0.39 is 78.8 Å². The molecule has 0 atom stereocenters. The van der Waals surface area contributed by atoms with E-state index in [-0.39, 0.29) is 107 Å². The Morgan fingerprint density at radius 1 is 0.878 bits per heavy atom. The second-order valence-corrected chi connectivity index (χ2v) is 11.5. The summed E-state index contributed by atoms with van der Waals surface area (Å²) < 4.78 is 110. The Bertz CT molecular complexity index is 1830. The van der Waals surface area contributed by atoms with Crippen LogP contribution in [-0.4, -0.2) is 56.5 Å². The van der Waals surface area contributed by atoms with Gasteiger partial charge in [-0.15, -0.1) is 5.11 Å². The second kappa shape index (κ2) is 15.4. The number of fused-ring (bicyclic) bond motifs is 1. The molecule has 0 aliphatic carbocycles. The Balaban J connectivity index is 0.00000533. The molecule has 204 valence electrons. The second-order valence-electron chi connectivity index (χ2n) is 7.45. The van der Waals surface area contributed by atoms with Crippen molar-refractivity contribution in [1.29, 1.82) is 0 Å². The predicted octanol–water partition coefficient (Wildman–Crippen LogP) is -6.96. The van der Waals surface area contributed by atoms with E-state index >= 15 is 0 Å². The number of azo groups is 1. The number of amides is 1. The van der Waals surface area contributed by atoms with Crippen LogP contribution < -0.4 is 98.7 Å². The summed E-state index contributed by atoms with van der Waals surface area (Å²) in [5.74, 6) is -2.11. The molecule has 0 aromatic heterocycles. The van der Waals surface area contributed by atoms with Gasteiger partial charge in [0.2, 0.25) is 5.91 Å². The van der Waals surface area contributed by atoms with Crippen molar-refractivity contribution in [1.82, 2.24) is 0 Å². The number of phenolic OH excluding ortho intramolecular Hbond substituents is 1. The molecule has 0 fully saturated rings. The van der Waals surface area contributed by atoms with Gasteiger partial charge in [-0.2, -0.15) is 5.11 Å². The third kappa shape index (κ3) is 9.91. The standard InChI is InChI=1S/C20H19N3O12S3.3Na/c1-3-35-15-5-4-12(8-16(15)37(29,30)31)22-23-19-17(38(32,33)34)7-11-6-13(36(26,27)28)9-14(21-10(2)24)18(11)20(19)25;;;/h4-9,25H,3H2,1-2H3,(H,21,24)(H,26,27,28)(H,29,30,31)(H,32,33,34);;;/q;3*+1/p-3. The molecule has 0 unspecified atom stereocenters. The number of benzene rings is 3. The number of rotatable bonds is 8. The molecule has 0 bridgehead atoms. The SMILES string of the molecule is CCOc1ccc(N=Nc2c(S(=O)(=O)[O-])cc3cc(S(=O)(=O)[O-])cc(NC(C)=O)c3c2O)cc1S(=O)(=O)[O-].[Na+].[Na+].[Na+]. The van der Waals surface area contributed by atoms with Gasteiger partial charge in [0.05, 0.1) is 32.7 Å². The fourth-order valence-corrected chi connectivity index (χ4v) is 5.13. The summed E-state index contributed by atoms with van der Waals surface area (Å²) in [5.41, 5.74) is -1.72. The first-order valence-electron chi connectivity index (χ1n) is 10.1. The van der Waals surface area contributed by atoms with Gasteiger partial charge in [-0.1, -0.05) is 0 Å². The van der Waals surface area contributed by atoms with Gasteiger partial charge in [0.25, 0.3) is 0 Å². The molecular formula is C20H16N3Na3O12S3. The fraction of sp³-hybridized carbons (Fsp3) is 0.150. The molecule has 0 saturated carbocycles. The number of anilines is 1. The van der Waals surface area contributed by atoms with Crippen LogP contribution in [-0.2, 0) is 35.1 Å². The summed E-state index contributed by atoms with van der Waals surface area (Å²) >= 11 is 0. The van der Waals surface area contributed by atoms with E-state index in [1.54, 1.807) is 0 Å². The molecule has 0 heterocycles. The summed E-state index contributed by atoms with van der Waals surface area (Å²) in [6.45, 7) is 2.57. The number of hydrogen-bond acceptors (Lipinski definition) is 14. The molecule has 41 heavy (non-hydrogen) atoms. The van der Waals surface area contributed by atoms with Crippen LogP contribution in [0.15, 0.2) is 61.3 Å². The van der Waals surface area contributed by atoms with E-state index in [0.717, 1.165) is 25.1 Å². The maximum absolute atomic E-state index is 12.0. The van der Waals surface area contributed by atoms with Crippen molar-refractivity contribution < 1.29 is 142 Å². The first-order valence-corrected chi connectivity index (χ1v) is 14.3. The molecule has 21 heteroatoms. The molecule has 3 rings (SSSR count). The Hall–Kier alpha value is -0.680. The minimum atomic E-state index is -5.43. The summed E-state index contributed by atoms with van der Waals surface area (Å²) in [6, 6.07) is 4.96. The normalized spacial score (nSPS) is 11.7. The fourth-order valence-electron chi connectivity index (χ4n) is 3.32. The Kier molecular flexibility index (Phi) is 15.1. The van der Waals surface area contributed by atoms with Crippen LogP contribution in [0.5, 0.6) is 11.5 Å². The van der Waals surface area contributed by atoms with Crippen molar-refractivity contribution in [3.8, 4) is 11.5 Å². The number of nitrogens with one attached hydrogen (secondary N) is 1. The zero-order chi connectivity index (χ0) is 28.6. The molecule has 15 nitrogen and oxygen atoms in total. The smallest absolute Gasteiger partial charge is 0.744 e. The number of aromatic hydroxyl groups is 1. The molecule has 0 aliphatic heterocycles. The largest absolute Gasteiger partial charge is 1.00 e. The van der Waals surface area contributed by atoms with Crippen LogP contribution in [0, 0.1) is 0 Å². The summed E-state index contributed by atoms with van der Waals surface area (Å²) in [7, 11) is -15.6. The maximum atomic E-state index is 12.0. The number of carbonyl (C=O) groups excluding carboxylic acids is 1. The first kappa shape index (κ1) is 40.3. The maximum Gasteiger partial charge on any atom is 1.00 e. The molecular weight excluding hydrogens is 639 g/mol. The number of hydrogen-bond donors (Lipinski definition) is 2. The van der Waals surface area contributed by atoms with Crippen LogP contribution in [0.2, 0.25) is 0 Å². The number of phenols is 1. The topological polar surface area (TPSA) is 255 Å². The van der Waals surface area contributed by atoms with E-state index in [0.29, 0.717) is 18.2 Å². The van der Waals surface area contributed by atoms with E-state index in [9.17, 15) is 48.8 Å². The van der Waals surface area contributed by atoms with Gasteiger partial charge < -0.3 is 28.8 Å². The van der Waals surface area contributed by atoms with Gasteiger partial charge in [-0.05, 0) is 48.7 Å². The summed E-state index contributed by atoms with van der Waals surface area (Å²) in [6.07, 6.45) is 0.